The number of aromatic nitrogens is 1. The summed E-state index contributed by atoms with van der Waals surface area (Å²) < 4.78 is 2.46. The van der Waals surface area contributed by atoms with Crippen molar-refractivity contribution < 1.29 is 0 Å². The first-order valence-corrected chi connectivity index (χ1v) is 7.01. The average Bonchev–Trinajstić information content (AvgIpc) is 2.73. The van der Waals surface area contributed by atoms with Crippen molar-refractivity contribution in [3.63, 3.8) is 0 Å². The molecule has 1 aliphatic heterocycles. The van der Waals surface area contributed by atoms with Crippen molar-refractivity contribution >= 4 is 68.0 Å². The van der Waals surface area contributed by atoms with Crippen molar-refractivity contribution in [1.29, 1.82) is 0 Å². The van der Waals surface area contributed by atoms with E-state index in [4.69, 9.17) is 0 Å². The van der Waals surface area contributed by atoms with Gasteiger partial charge >= 0.3 is 0 Å². The summed E-state index contributed by atoms with van der Waals surface area (Å²) in [5.74, 6) is 1.12. The number of anilines is 1. The van der Waals surface area contributed by atoms with Crippen LogP contribution >= 0.6 is 52.1 Å². The lowest BCUT2D eigenvalue weighted by atomic mass is 10.2. The van der Waals surface area contributed by atoms with Crippen LogP contribution < -0.4 is 10.2 Å². The molecule has 7 heteroatoms. The lowest BCUT2D eigenvalue weighted by Gasteiger charge is -2.28. The third kappa shape index (κ3) is 2.91. The largest absolute Gasteiger partial charge is 0.354 e. The van der Waals surface area contributed by atoms with Crippen LogP contribution in [0.3, 0.4) is 0 Å². The highest BCUT2D eigenvalue weighted by Crippen LogP contribution is 2.35. The average molecular weight is 371 g/mol. The minimum atomic E-state index is 0. The molecule has 0 spiro atoms. The van der Waals surface area contributed by atoms with Gasteiger partial charge in [-0.25, -0.2) is 4.98 Å². The predicted molar refractivity (Wildman–Crippen MR) is 86.9 cm³/mol. The molecule has 2 aromatic heterocycles. The van der Waals surface area contributed by atoms with Crippen LogP contribution in [0.15, 0.2) is 22.1 Å². The number of fused-ring (bicyclic) bond motifs is 1. The number of hydrogen-bond acceptors (Lipinski definition) is 4. The van der Waals surface area contributed by atoms with Crippen LogP contribution in [0.2, 0.25) is 0 Å². The van der Waals surface area contributed by atoms with Crippen LogP contribution in [0.25, 0.3) is 10.1 Å². The first-order chi connectivity index (χ1) is 7.86. The summed E-state index contributed by atoms with van der Waals surface area (Å²) in [5.41, 5.74) is 0. The predicted octanol–water partition coefficient (Wildman–Crippen LogP) is 3.31. The standard InChI is InChI=1S/C11H12BrN3S.2ClH/c12-8-7-16-9-1-2-14-11(10(8)9)15-5-3-13-4-6-15;;/h1-2,7,13H,3-6H2;2*1H. The van der Waals surface area contributed by atoms with Gasteiger partial charge in [-0.2, -0.15) is 0 Å². The van der Waals surface area contributed by atoms with Crippen LogP contribution in [0.5, 0.6) is 0 Å². The molecular formula is C11H14BrCl2N3S. The first-order valence-electron chi connectivity index (χ1n) is 5.33. The molecule has 3 heterocycles. The van der Waals surface area contributed by atoms with E-state index in [0.29, 0.717) is 0 Å². The van der Waals surface area contributed by atoms with E-state index >= 15 is 0 Å². The van der Waals surface area contributed by atoms with E-state index in [1.165, 1.54) is 10.1 Å². The third-order valence-corrected chi connectivity index (χ3v) is 4.71. The summed E-state index contributed by atoms with van der Waals surface area (Å²) in [6, 6.07) is 2.08. The van der Waals surface area contributed by atoms with E-state index in [0.717, 1.165) is 36.5 Å². The van der Waals surface area contributed by atoms with Crippen molar-refractivity contribution in [2.45, 2.75) is 0 Å². The van der Waals surface area contributed by atoms with Crippen LogP contribution in [0, 0.1) is 0 Å². The number of thiophene rings is 1. The van der Waals surface area contributed by atoms with Crippen LogP contribution in [-0.4, -0.2) is 31.2 Å². The number of nitrogens with one attached hydrogen (secondary N) is 1. The fourth-order valence-corrected chi connectivity index (χ4v) is 3.66. The highest BCUT2D eigenvalue weighted by molar-refractivity contribution is 9.10. The lowest BCUT2D eigenvalue weighted by molar-refractivity contribution is 0.586. The van der Waals surface area contributed by atoms with E-state index in [1.807, 2.05) is 6.20 Å². The van der Waals surface area contributed by atoms with Crippen LogP contribution in [0.4, 0.5) is 5.82 Å². The minimum absolute atomic E-state index is 0. The van der Waals surface area contributed by atoms with Gasteiger partial charge in [0.05, 0.1) is 0 Å². The molecule has 1 fully saturated rings. The van der Waals surface area contributed by atoms with E-state index in [9.17, 15) is 0 Å². The molecule has 0 radical (unpaired) electrons. The van der Waals surface area contributed by atoms with E-state index in [2.05, 4.69) is 42.6 Å². The monoisotopic (exact) mass is 369 g/mol. The normalized spacial score (nSPS) is 15.1. The maximum atomic E-state index is 4.54. The Kier molecular flexibility index (Phi) is 6.14. The van der Waals surface area contributed by atoms with Gasteiger partial charge in [0.15, 0.2) is 0 Å². The fraction of sp³-hybridized carbons (Fsp3) is 0.364. The second-order valence-electron chi connectivity index (χ2n) is 3.83. The summed E-state index contributed by atoms with van der Waals surface area (Å²) >= 11 is 5.38. The van der Waals surface area contributed by atoms with Gasteiger partial charge in [0.25, 0.3) is 0 Å². The molecule has 0 aromatic carbocycles. The van der Waals surface area contributed by atoms with Gasteiger partial charge in [-0.05, 0) is 22.0 Å². The first kappa shape index (κ1) is 16.0. The summed E-state index contributed by atoms with van der Waals surface area (Å²) in [7, 11) is 0. The summed E-state index contributed by atoms with van der Waals surface area (Å²) in [5, 5.41) is 6.76. The Morgan fingerprint density at radius 3 is 2.72 bits per heavy atom. The van der Waals surface area contributed by atoms with Gasteiger partial charge in [0.2, 0.25) is 0 Å². The second kappa shape index (κ2) is 6.91. The highest BCUT2D eigenvalue weighted by atomic mass is 79.9. The number of rotatable bonds is 1. The topological polar surface area (TPSA) is 28.2 Å². The molecule has 0 saturated carbocycles. The van der Waals surface area contributed by atoms with E-state index < -0.39 is 0 Å². The van der Waals surface area contributed by atoms with Crippen LogP contribution in [0.1, 0.15) is 0 Å². The SMILES string of the molecule is Brc1csc2ccnc(N3CCNCC3)c12.Cl.Cl. The number of pyridine rings is 1. The number of piperazine rings is 1. The minimum Gasteiger partial charge on any atom is -0.354 e. The Morgan fingerprint density at radius 2 is 2.00 bits per heavy atom. The molecule has 0 aliphatic carbocycles. The molecule has 18 heavy (non-hydrogen) atoms. The molecule has 3 nitrogen and oxygen atoms in total. The van der Waals surface area contributed by atoms with Crippen molar-refractivity contribution in [1.82, 2.24) is 10.3 Å². The van der Waals surface area contributed by atoms with Gasteiger partial charge in [0, 0.05) is 52.3 Å². The highest BCUT2D eigenvalue weighted by Gasteiger charge is 2.16. The molecule has 100 valence electrons. The molecule has 0 atom stereocenters. The lowest BCUT2D eigenvalue weighted by Crippen LogP contribution is -2.43. The summed E-state index contributed by atoms with van der Waals surface area (Å²) in [6.45, 7) is 4.16. The van der Waals surface area contributed by atoms with Gasteiger partial charge in [-0.3, -0.25) is 0 Å². The smallest absolute Gasteiger partial charge is 0.138 e. The van der Waals surface area contributed by atoms with Crippen LogP contribution in [-0.2, 0) is 0 Å². The molecule has 0 bridgehead atoms. The Hall–Kier alpha value is -0.0700. The summed E-state index contributed by atoms with van der Waals surface area (Å²) in [6.07, 6.45) is 1.91. The molecule has 0 amide bonds. The molecule has 3 rings (SSSR count). The van der Waals surface area contributed by atoms with Gasteiger partial charge in [-0.1, -0.05) is 0 Å². The Bertz CT molecular complexity index is 514. The number of halogens is 3. The molecule has 0 unspecified atom stereocenters. The van der Waals surface area contributed by atoms with Crippen molar-refractivity contribution in [3.05, 3.63) is 22.1 Å². The zero-order valence-corrected chi connectivity index (χ0v) is 13.6. The Balaban J connectivity index is 0.000000810. The zero-order valence-electron chi connectivity index (χ0n) is 9.56. The zero-order chi connectivity index (χ0) is 11.0. The second-order valence-corrected chi connectivity index (χ2v) is 5.59. The Morgan fingerprint density at radius 1 is 1.28 bits per heavy atom. The van der Waals surface area contributed by atoms with E-state index in [-0.39, 0.29) is 24.8 Å². The van der Waals surface area contributed by atoms with Gasteiger partial charge < -0.3 is 10.2 Å². The third-order valence-electron chi connectivity index (χ3n) is 2.84. The fourth-order valence-electron chi connectivity index (χ4n) is 2.05. The molecule has 2 aromatic rings. The van der Waals surface area contributed by atoms with Gasteiger partial charge in [-0.15, -0.1) is 36.2 Å². The van der Waals surface area contributed by atoms with Gasteiger partial charge in [0.1, 0.15) is 5.82 Å². The quantitative estimate of drug-likeness (QED) is 0.834. The van der Waals surface area contributed by atoms with Crippen molar-refractivity contribution in [2.75, 3.05) is 31.1 Å². The number of nitrogens with zero attached hydrogens (tertiary/aromatic N) is 2. The maximum Gasteiger partial charge on any atom is 0.138 e. The molecule has 1 aliphatic rings. The van der Waals surface area contributed by atoms with Crippen molar-refractivity contribution in [2.24, 2.45) is 0 Å². The molecule has 1 saturated heterocycles. The Labute approximate surface area is 131 Å². The van der Waals surface area contributed by atoms with E-state index in [1.54, 1.807) is 11.3 Å². The number of hydrogen-bond donors (Lipinski definition) is 1. The molecule has 1 N–H and O–H groups in total. The summed E-state index contributed by atoms with van der Waals surface area (Å²) in [4.78, 5) is 6.90. The maximum absolute atomic E-state index is 4.54. The molecular weight excluding hydrogens is 357 g/mol. The van der Waals surface area contributed by atoms with Crippen molar-refractivity contribution in [3.8, 4) is 0 Å².